The molecule has 0 N–H and O–H groups in total. The largest absolute Gasteiger partial charge is 0.342 e. The molecule has 0 aromatic heterocycles. The van der Waals surface area contributed by atoms with Crippen molar-refractivity contribution >= 4 is 6.41 Å². The van der Waals surface area contributed by atoms with E-state index in [2.05, 4.69) is 0 Å². The lowest BCUT2D eigenvalue weighted by Gasteiger charge is -2.24. The van der Waals surface area contributed by atoms with Crippen LogP contribution in [0.25, 0.3) is 0 Å². The van der Waals surface area contributed by atoms with Crippen molar-refractivity contribution in [1.29, 1.82) is 0 Å². The predicted molar refractivity (Wildman–Crippen MR) is 31.8 cm³/mol. The first kappa shape index (κ1) is 6.52. The molecule has 1 heterocycles. The Morgan fingerprint density at radius 1 is 1.67 bits per heavy atom. The lowest BCUT2D eigenvalue weighted by atomic mass is 10.1. The van der Waals surface area contributed by atoms with Crippen LogP contribution in [0.2, 0.25) is 0 Å². The van der Waals surface area contributed by atoms with E-state index >= 15 is 0 Å². The number of hydrogen-bond acceptors (Lipinski definition) is 1. The van der Waals surface area contributed by atoms with Crippen LogP contribution >= 0.6 is 0 Å². The molecule has 2 nitrogen and oxygen atoms in total. The van der Waals surface area contributed by atoms with E-state index in [1.165, 1.54) is 4.90 Å². The molecule has 0 aromatic rings. The number of piperidine rings is 1. The van der Waals surface area contributed by atoms with Crippen molar-refractivity contribution in [2.45, 2.75) is 19.0 Å². The number of rotatable bonds is 1. The molecule has 9 heavy (non-hydrogen) atoms. The third-order valence-electron chi connectivity index (χ3n) is 1.54. The first-order valence-corrected chi connectivity index (χ1v) is 3.16. The molecule has 0 aromatic carbocycles. The second kappa shape index (κ2) is 2.80. The summed E-state index contributed by atoms with van der Waals surface area (Å²) < 4.78 is 12.4. The van der Waals surface area contributed by atoms with Crippen molar-refractivity contribution < 1.29 is 9.18 Å². The molecule has 1 amide bonds. The van der Waals surface area contributed by atoms with Gasteiger partial charge in [0.2, 0.25) is 6.41 Å². The van der Waals surface area contributed by atoms with E-state index in [0.717, 1.165) is 13.0 Å². The lowest BCUT2D eigenvalue weighted by Crippen LogP contribution is -2.35. The van der Waals surface area contributed by atoms with Gasteiger partial charge in [-0.15, -0.1) is 0 Å². The Bertz CT molecular complexity index is 107. The Hall–Kier alpha value is -0.600. The van der Waals surface area contributed by atoms with E-state index in [0.29, 0.717) is 19.4 Å². The summed E-state index contributed by atoms with van der Waals surface area (Å²) in [7, 11) is 0. The Morgan fingerprint density at radius 3 is 2.89 bits per heavy atom. The maximum absolute atomic E-state index is 12.4. The molecule has 1 fully saturated rings. The molecule has 1 unspecified atom stereocenters. The first-order chi connectivity index (χ1) is 4.33. The fourth-order valence-corrected chi connectivity index (χ4v) is 1.05. The highest BCUT2D eigenvalue weighted by Crippen LogP contribution is 2.10. The number of amides is 1. The minimum absolute atomic E-state index is 0.295. The maximum Gasteiger partial charge on any atom is 0.209 e. The molecule has 1 aliphatic heterocycles. The highest BCUT2D eigenvalue weighted by Gasteiger charge is 2.16. The van der Waals surface area contributed by atoms with E-state index in [4.69, 9.17) is 0 Å². The van der Waals surface area contributed by atoms with Crippen LogP contribution in [-0.4, -0.2) is 30.6 Å². The van der Waals surface area contributed by atoms with Crippen LogP contribution in [0.3, 0.4) is 0 Å². The Kier molecular flexibility index (Phi) is 2.03. The standard InChI is InChI=1S/C6H10FNO/c7-6-2-1-3-8(4-6)5-9/h5-6H,1-4H2. The van der Waals surface area contributed by atoms with Crippen molar-refractivity contribution in [3.63, 3.8) is 0 Å². The van der Waals surface area contributed by atoms with Gasteiger partial charge >= 0.3 is 0 Å². The molecule has 1 rings (SSSR count). The molecule has 0 aliphatic carbocycles. The lowest BCUT2D eigenvalue weighted by molar-refractivity contribution is -0.120. The van der Waals surface area contributed by atoms with Crippen LogP contribution in [0, 0.1) is 0 Å². The SMILES string of the molecule is O=CN1CCCC(F)C1. The third kappa shape index (κ3) is 1.66. The molecule has 3 heteroatoms. The van der Waals surface area contributed by atoms with Crippen LogP contribution in [0.5, 0.6) is 0 Å². The van der Waals surface area contributed by atoms with Crippen LogP contribution in [0.15, 0.2) is 0 Å². The van der Waals surface area contributed by atoms with Gasteiger partial charge in [0.15, 0.2) is 0 Å². The molecule has 52 valence electrons. The summed E-state index contributed by atoms with van der Waals surface area (Å²) >= 11 is 0. The Labute approximate surface area is 53.6 Å². The van der Waals surface area contributed by atoms with Gasteiger partial charge in [0, 0.05) is 6.54 Å². The van der Waals surface area contributed by atoms with Crippen molar-refractivity contribution in [2.75, 3.05) is 13.1 Å². The van der Waals surface area contributed by atoms with Gasteiger partial charge in [-0.3, -0.25) is 4.79 Å². The van der Waals surface area contributed by atoms with E-state index in [1.54, 1.807) is 0 Å². The number of carbonyl (C=O) groups is 1. The summed E-state index contributed by atoms with van der Waals surface area (Å²) in [5, 5.41) is 0. The number of carbonyl (C=O) groups excluding carboxylic acids is 1. The molecule has 0 bridgehead atoms. The second-order valence-electron chi connectivity index (χ2n) is 2.34. The van der Waals surface area contributed by atoms with Gasteiger partial charge < -0.3 is 4.90 Å². The number of halogens is 1. The monoisotopic (exact) mass is 131 g/mol. The smallest absolute Gasteiger partial charge is 0.209 e. The van der Waals surface area contributed by atoms with Crippen molar-refractivity contribution in [3.05, 3.63) is 0 Å². The summed E-state index contributed by atoms with van der Waals surface area (Å²) in [6.45, 7) is 1.02. The average molecular weight is 131 g/mol. The van der Waals surface area contributed by atoms with E-state index in [-0.39, 0.29) is 0 Å². The second-order valence-corrected chi connectivity index (χ2v) is 2.34. The fourth-order valence-electron chi connectivity index (χ4n) is 1.05. The molecule has 0 radical (unpaired) electrons. The van der Waals surface area contributed by atoms with Gasteiger partial charge in [-0.05, 0) is 12.8 Å². The van der Waals surface area contributed by atoms with Crippen LogP contribution in [0.1, 0.15) is 12.8 Å². The molecule has 0 saturated carbocycles. The zero-order chi connectivity index (χ0) is 6.69. The Balaban J connectivity index is 2.31. The van der Waals surface area contributed by atoms with Crippen LogP contribution in [0.4, 0.5) is 4.39 Å². The van der Waals surface area contributed by atoms with Crippen molar-refractivity contribution in [2.24, 2.45) is 0 Å². The number of alkyl halides is 1. The summed E-state index contributed by atoms with van der Waals surface area (Å²) in [6, 6.07) is 0. The summed E-state index contributed by atoms with van der Waals surface area (Å²) in [5.74, 6) is 0. The normalized spacial score (nSPS) is 28.1. The minimum Gasteiger partial charge on any atom is -0.342 e. The minimum atomic E-state index is -0.788. The van der Waals surface area contributed by atoms with Gasteiger partial charge in [0.05, 0.1) is 6.54 Å². The topological polar surface area (TPSA) is 20.3 Å². The molecular weight excluding hydrogens is 121 g/mol. The average Bonchev–Trinajstić information content (AvgIpc) is 1.88. The number of nitrogens with zero attached hydrogens (tertiary/aromatic N) is 1. The first-order valence-electron chi connectivity index (χ1n) is 3.16. The van der Waals surface area contributed by atoms with Gasteiger partial charge in [-0.1, -0.05) is 0 Å². The molecule has 0 spiro atoms. The summed E-state index contributed by atoms with van der Waals surface area (Å²) in [6.07, 6.45) is 1.35. The molecule has 1 atom stereocenters. The van der Waals surface area contributed by atoms with Crippen molar-refractivity contribution in [3.8, 4) is 0 Å². The predicted octanol–water partition coefficient (Wildman–Crippen LogP) is 0.577. The van der Waals surface area contributed by atoms with Gasteiger partial charge in [0.25, 0.3) is 0 Å². The van der Waals surface area contributed by atoms with Gasteiger partial charge in [-0.25, -0.2) is 4.39 Å². The zero-order valence-electron chi connectivity index (χ0n) is 5.22. The van der Waals surface area contributed by atoms with Crippen LogP contribution < -0.4 is 0 Å². The number of likely N-dealkylation sites (tertiary alicyclic amines) is 1. The maximum atomic E-state index is 12.4. The quantitative estimate of drug-likeness (QED) is 0.476. The highest BCUT2D eigenvalue weighted by molar-refractivity contribution is 5.47. The fraction of sp³-hybridized carbons (Fsp3) is 0.833. The van der Waals surface area contributed by atoms with E-state index in [1.807, 2.05) is 0 Å². The molecule has 1 aliphatic rings. The van der Waals surface area contributed by atoms with Gasteiger partial charge in [0.1, 0.15) is 6.17 Å². The molecule has 1 saturated heterocycles. The van der Waals surface area contributed by atoms with Crippen molar-refractivity contribution in [1.82, 2.24) is 4.90 Å². The third-order valence-corrected chi connectivity index (χ3v) is 1.54. The van der Waals surface area contributed by atoms with E-state index < -0.39 is 6.17 Å². The molecular formula is C6H10FNO. The summed E-state index contributed by atoms with van der Waals surface area (Å²) in [5.41, 5.74) is 0. The highest BCUT2D eigenvalue weighted by atomic mass is 19.1. The van der Waals surface area contributed by atoms with Crippen LogP contribution in [-0.2, 0) is 4.79 Å². The number of hydrogen-bond donors (Lipinski definition) is 0. The summed E-state index contributed by atoms with van der Waals surface area (Å²) in [4.78, 5) is 11.5. The van der Waals surface area contributed by atoms with E-state index in [9.17, 15) is 9.18 Å². The Morgan fingerprint density at radius 2 is 2.44 bits per heavy atom. The van der Waals surface area contributed by atoms with Gasteiger partial charge in [-0.2, -0.15) is 0 Å². The zero-order valence-corrected chi connectivity index (χ0v) is 5.22.